The molecule has 112 valence electrons. The van der Waals surface area contributed by atoms with Gasteiger partial charge in [0, 0.05) is 12.6 Å². The molecule has 0 bridgehead atoms. The quantitative estimate of drug-likeness (QED) is 0.823. The lowest BCUT2D eigenvalue weighted by molar-refractivity contribution is 0.104. The van der Waals surface area contributed by atoms with E-state index in [2.05, 4.69) is 24.4 Å². The third kappa shape index (κ3) is 5.05. The summed E-state index contributed by atoms with van der Waals surface area (Å²) in [5.41, 5.74) is 1.19. The van der Waals surface area contributed by atoms with Gasteiger partial charge in [-0.2, -0.15) is 0 Å². The second-order valence-corrected chi connectivity index (χ2v) is 5.34. The Kier molecular flexibility index (Phi) is 6.05. The lowest BCUT2D eigenvalue weighted by Crippen LogP contribution is -2.33. The number of aliphatic hydroxyl groups is 1. The highest BCUT2D eigenvalue weighted by molar-refractivity contribution is 6.32. The van der Waals surface area contributed by atoms with E-state index in [1.807, 2.05) is 30.3 Å². The first kappa shape index (κ1) is 15.8. The van der Waals surface area contributed by atoms with Crippen molar-refractivity contribution in [1.82, 2.24) is 5.32 Å². The number of para-hydroxylation sites is 1. The van der Waals surface area contributed by atoms with Crippen LogP contribution in [0.3, 0.4) is 0 Å². The number of nitrogens with one attached hydrogen (secondary N) is 1. The van der Waals surface area contributed by atoms with Crippen molar-refractivity contribution < 1.29 is 9.84 Å². The second kappa shape index (κ2) is 8.03. The molecule has 0 aromatic heterocycles. The van der Waals surface area contributed by atoms with Crippen molar-refractivity contribution in [3.63, 3.8) is 0 Å². The van der Waals surface area contributed by atoms with E-state index in [0.717, 1.165) is 0 Å². The fourth-order valence-corrected chi connectivity index (χ4v) is 2.17. The van der Waals surface area contributed by atoms with Gasteiger partial charge in [0.1, 0.15) is 18.5 Å². The van der Waals surface area contributed by atoms with Gasteiger partial charge in [-0.05, 0) is 24.6 Å². The summed E-state index contributed by atoms with van der Waals surface area (Å²) in [4.78, 5) is 0. The molecule has 0 unspecified atom stereocenters. The van der Waals surface area contributed by atoms with E-state index < -0.39 is 6.10 Å². The summed E-state index contributed by atoms with van der Waals surface area (Å²) in [6.45, 7) is 2.73. The summed E-state index contributed by atoms with van der Waals surface area (Å²) in [6.07, 6.45) is -0.590. The highest BCUT2D eigenvalue weighted by Crippen LogP contribution is 2.23. The Morgan fingerprint density at radius 3 is 2.48 bits per heavy atom. The summed E-state index contributed by atoms with van der Waals surface area (Å²) in [5.74, 6) is 0.592. The van der Waals surface area contributed by atoms with Crippen LogP contribution in [0.2, 0.25) is 5.02 Å². The largest absolute Gasteiger partial charge is 0.489 e. The van der Waals surface area contributed by atoms with Gasteiger partial charge in [-0.1, -0.05) is 54.1 Å². The molecule has 0 aliphatic rings. The molecule has 0 radical (unpaired) electrons. The minimum absolute atomic E-state index is 0.182. The molecule has 0 heterocycles. The molecule has 0 aliphatic carbocycles. The van der Waals surface area contributed by atoms with Gasteiger partial charge in [0.2, 0.25) is 0 Å². The van der Waals surface area contributed by atoms with Gasteiger partial charge in [0.05, 0.1) is 5.02 Å². The number of halogens is 1. The number of hydrogen-bond acceptors (Lipinski definition) is 3. The van der Waals surface area contributed by atoms with Crippen molar-refractivity contribution in [2.75, 3.05) is 13.2 Å². The zero-order valence-electron chi connectivity index (χ0n) is 12.0. The van der Waals surface area contributed by atoms with Crippen LogP contribution < -0.4 is 10.1 Å². The third-order valence-electron chi connectivity index (χ3n) is 3.23. The van der Waals surface area contributed by atoms with E-state index >= 15 is 0 Å². The summed E-state index contributed by atoms with van der Waals surface area (Å²) < 4.78 is 5.51. The van der Waals surface area contributed by atoms with Crippen LogP contribution in [-0.4, -0.2) is 24.4 Å². The van der Waals surface area contributed by atoms with Gasteiger partial charge < -0.3 is 15.2 Å². The van der Waals surface area contributed by atoms with Crippen LogP contribution >= 0.6 is 11.6 Å². The van der Waals surface area contributed by atoms with E-state index in [9.17, 15) is 5.11 Å². The average Bonchev–Trinajstić information content (AvgIpc) is 2.52. The number of aliphatic hydroxyl groups excluding tert-OH is 1. The lowest BCUT2D eigenvalue weighted by Gasteiger charge is -2.18. The molecular formula is C17H20ClNO2. The molecule has 0 fully saturated rings. The molecule has 2 aromatic carbocycles. The van der Waals surface area contributed by atoms with E-state index in [0.29, 0.717) is 17.3 Å². The van der Waals surface area contributed by atoms with Crippen LogP contribution in [0.15, 0.2) is 54.6 Å². The third-order valence-corrected chi connectivity index (χ3v) is 3.54. The average molecular weight is 306 g/mol. The fourth-order valence-electron chi connectivity index (χ4n) is 1.98. The van der Waals surface area contributed by atoms with Crippen molar-refractivity contribution in [2.24, 2.45) is 0 Å². The fraction of sp³-hybridized carbons (Fsp3) is 0.294. The van der Waals surface area contributed by atoms with E-state index in [4.69, 9.17) is 16.3 Å². The molecule has 0 saturated heterocycles. The van der Waals surface area contributed by atoms with Crippen LogP contribution in [0.5, 0.6) is 5.75 Å². The number of rotatable bonds is 7. The Bertz CT molecular complexity index is 547. The van der Waals surface area contributed by atoms with Crippen LogP contribution in [0.4, 0.5) is 0 Å². The predicted octanol–water partition coefficient (Wildman–Crippen LogP) is 3.43. The Morgan fingerprint density at radius 1 is 1.10 bits per heavy atom. The zero-order chi connectivity index (χ0) is 15.1. The zero-order valence-corrected chi connectivity index (χ0v) is 12.8. The Labute approximate surface area is 130 Å². The molecule has 21 heavy (non-hydrogen) atoms. The van der Waals surface area contributed by atoms with Gasteiger partial charge in [0.15, 0.2) is 0 Å². The monoisotopic (exact) mass is 305 g/mol. The van der Waals surface area contributed by atoms with Gasteiger partial charge in [-0.25, -0.2) is 0 Å². The molecule has 3 nitrogen and oxygen atoms in total. The first-order valence-electron chi connectivity index (χ1n) is 7.00. The summed E-state index contributed by atoms with van der Waals surface area (Å²) >= 11 is 5.99. The molecule has 2 rings (SSSR count). The molecule has 0 spiro atoms. The van der Waals surface area contributed by atoms with Gasteiger partial charge in [0.25, 0.3) is 0 Å². The maximum Gasteiger partial charge on any atom is 0.138 e. The van der Waals surface area contributed by atoms with Crippen molar-refractivity contribution in [2.45, 2.75) is 19.1 Å². The second-order valence-electron chi connectivity index (χ2n) is 4.94. The van der Waals surface area contributed by atoms with Gasteiger partial charge in [-0.3, -0.25) is 0 Å². The highest BCUT2D eigenvalue weighted by Gasteiger charge is 2.10. The SMILES string of the molecule is C[C@H](NC[C@@H](O)COc1ccccc1Cl)c1ccccc1. The van der Waals surface area contributed by atoms with Crippen LogP contribution in [0.1, 0.15) is 18.5 Å². The minimum Gasteiger partial charge on any atom is -0.489 e. The van der Waals surface area contributed by atoms with Crippen molar-refractivity contribution in [3.05, 3.63) is 65.2 Å². The Morgan fingerprint density at radius 2 is 1.76 bits per heavy atom. The van der Waals surface area contributed by atoms with Crippen molar-refractivity contribution >= 4 is 11.6 Å². The first-order chi connectivity index (χ1) is 10.2. The highest BCUT2D eigenvalue weighted by atomic mass is 35.5. The molecule has 2 aromatic rings. The summed E-state index contributed by atoms with van der Waals surface area (Å²) in [7, 11) is 0. The first-order valence-corrected chi connectivity index (χ1v) is 7.38. The molecule has 0 amide bonds. The van der Waals surface area contributed by atoms with Crippen LogP contribution in [0.25, 0.3) is 0 Å². The topological polar surface area (TPSA) is 41.5 Å². The standard InChI is InChI=1S/C17H20ClNO2/c1-13(14-7-3-2-4-8-14)19-11-15(20)12-21-17-10-6-5-9-16(17)18/h2-10,13,15,19-20H,11-12H2,1H3/t13-,15+/m0/s1. The number of hydrogen-bond donors (Lipinski definition) is 2. The maximum absolute atomic E-state index is 9.97. The number of benzene rings is 2. The van der Waals surface area contributed by atoms with Crippen LogP contribution in [-0.2, 0) is 0 Å². The van der Waals surface area contributed by atoms with Crippen molar-refractivity contribution in [1.29, 1.82) is 0 Å². The van der Waals surface area contributed by atoms with Crippen LogP contribution in [0, 0.1) is 0 Å². The smallest absolute Gasteiger partial charge is 0.138 e. The Hall–Kier alpha value is -1.55. The normalized spacial score (nSPS) is 13.7. The minimum atomic E-state index is -0.590. The van der Waals surface area contributed by atoms with Gasteiger partial charge in [-0.15, -0.1) is 0 Å². The summed E-state index contributed by atoms with van der Waals surface area (Å²) in [6, 6.07) is 17.5. The molecule has 0 aliphatic heterocycles. The maximum atomic E-state index is 9.97. The van der Waals surface area contributed by atoms with E-state index in [1.165, 1.54) is 5.56 Å². The van der Waals surface area contributed by atoms with E-state index in [-0.39, 0.29) is 12.6 Å². The molecule has 0 saturated carbocycles. The molecule has 4 heteroatoms. The predicted molar refractivity (Wildman–Crippen MR) is 85.8 cm³/mol. The molecule has 2 N–H and O–H groups in total. The molecule has 2 atom stereocenters. The van der Waals surface area contributed by atoms with Crippen molar-refractivity contribution in [3.8, 4) is 5.75 Å². The van der Waals surface area contributed by atoms with Gasteiger partial charge >= 0.3 is 0 Å². The number of ether oxygens (including phenoxy) is 1. The molecular weight excluding hydrogens is 286 g/mol. The van der Waals surface area contributed by atoms with E-state index in [1.54, 1.807) is 12.1 Å². The Balaban J connectivity index is 1.75. The lowest BCUT2D eigenvalue weighted by atomic mass is 10.1. The summed E-state index contributed by atoms with van der Waals surface area (Å²) in [5, 5.41) is 13.8.